The topological polar surface area (TPSA) is 9.23 Å². The summed E-state index contributed by atoms with van der Waals surface area (Å²) in [7, 11) is -5.27. The molecule has 0 aliphatic heterocycles. The number of unbranched alkanes of at least 4 members (excludes halogenated alkanes) is 14. The first-order chi connectivity index (χ1) is 25.8. The van der Waals surface area contributed by atoms with Gasteiger partial charge in [-0.2, -0.15) is 4.39 Å². The molecule has 311 valence electrons. The lowest BCUT2D eigenvalue weighted by Gasteiger charge is -2.33. The van der Waals surface area contributed by atoms with Crippen molar-refractivity contribution in [3.8, 4) is 5.75 Å². The molecular weight excluding hydrogens is 743 g/mol. The van der Waals surface area contributed by atoms with Crippen molar-refractivity contribution in [3.63, 3.8) is 0 Å². The first-order valence-corrected chi connectivity index (χ1v) is 30.5. The molecule has 0 heterocycles. The van der Waals surface area contributed by atoms with E-state index in [9.17, 15) is 13.2 Å². The van der Waals surface area contributed by atoms with Crippen LogP contribution >= 0.6 is 0 Å². The number of rotatable bonds is 31. The number of hydrogen-bond acceptors (Lipinski definition) is 1. The van der Waals surface area contributed by atoms with E-state index in [0.717, 1.165) is 77.0 Å². The summed E-state index contributed by atoms with van der Waals surface area (Å²) < 4.78 is 96.8. The summed E-state index contributed by atoms with van der Waals surface area (Å²) >= 11 is 0. The van der Waals surface area contributed by atoms with Crippen LogP contribution < -0.4 is 4.43 Å². The molecule has 1 unspecified atom stereocenters. The molecular formula is C44H75F6OSi3. The first-order valence-electron chi connectivity index (χ1n) is 22.1. The van der Waals surface area contributed by atoms with E-state index in [2.05, 4.69) is 48.1 Å². The molecule has 0 saturated carbocycles. The Morgan fingerprint density at radius 1 is 0.444 bits per heavy atom. The van der Waals surface area contributed by atoms with Crippen molar-refractivity contribution in [1.82, 2.24) is 0 Å². The minimum Gasteiger partial charge on any atom is -0.539 e. The maximum Gasteiger partial charge on any atom is 0.251 e. The van der Waals surface area contributed by atoms with Gasteiger partial charge in [-0.05, 0) is 18.1 Å². The molecule has 0 saturated heterocycles. The average Bonchev–Trinajstić information content (AvgIpc) is 3.18. The van der Waals surface area contributed by atoms with Crippen molar-refractivity contribution in [3.05, 3.63) is 41.0 Å². The molecule has 1 nitrogen and oxygen atoms in total. The predicted octanol–water partition coefficient (Wildman–Crippen LogP) is 17.1. The maximum atomic E-state index is 16.1. The molecule has 2 rings (SSSR count). The van der Waals surface area contributed by atoms with Crippen molar-refractivity contribution >= 4 is 35.2 Å². The van der Waals surface area contributed by atoms with Crippen LogP contribution in [0.2, 0.25) is 67.0 Å². The molecule has 0 amide bonds. The fourth-order valence-electron chi connectivity index (χ4n) is 8.46. The molecule has 2 aromatic rings. The zero-order chi connectivity index (χ0) is 40.2. The summed E-state index contributed by atoms with van der Waals surface area (Å²) in [5, 5.41) is -2.23. The number of fused-ring (bicyclic) bond motifs is 1. The van der Waals surface area contributed by atoms with Gasteiger partial charge in [-0.3, -0.25) is 0 Å². The van der Waals surface area contributed by atoms with Crippen LogP contribution in [0.1, 0.15) is 151 Å². The summed E-state index contributed by atoms with van der Waals surface area (Å²) in [5.74, 6) is -11.5. The Bertz CT molecular complexity index is 1360. The Balaban J connectivity index is 2.35. The highest BCUT2D eigenvalue weighted by Gasteiger charge is 2.39. The van der Waals surface area contributed by atoms with Gasteiger partial charge in [0.2, 0.25) is 5.82 Å². The lowest BCUT2D eigenvalue weighted by atomic mass is 10.1. The van der Waals surface area contributed by atoms with Crippen LogP contribution in [0.5, 0.6) is 5.75 Å². The summed E-state index contributed by atoms with van der Waals surface area (Å²) in [6.07, 6.45) is 18.3. The quantitative estimate of drug-likeness (QED) is 0.0242. The van der Waals surface area contributed by atoms with E-state index in [4.69, 9.17) is 4.43 Å². The van der Waals surface area contributed by atoms with Gasteiger partial charge in [0.15, 0.2) is 34.8 Å². The Hall–Kier alpha value is -1.27. The summed E-state index contributed by atoms with van der Waals surface area (Å²) in [6, 6.07) is 13.1. The Morgan fingerprint density at radius 3 is 1.30 bits per heavy atom. The molecule has 10 heteroatoms. The average molecular weight is 818 g/mol. The second-order valence-corrected chi connectivity index (χ2v) is 32.1. The fraction of sp³-hybridized carbons (Fsp3) is 0.773. The van der Waals surface area contributed by atoms with E-state index in [1.165, 1.54) is 74.4 Å². The highest BCUT2D eigenvalue weighted by molar-refractivity contribution is 6.79. The van der Waals surface area contributed by atoms with Crippen molar-refractivity contribution < 1.29 is 30.8 Å². The molecule has 0 fully saturated rings. The highest BCUT2D eigenvalue weighted by atomic mass is 28.4. The molecule has 1 atom stereocenters. The van der Waals surface area contributed by atoms with E-state index in [0.29, 0.717) is 18.1 Å². The third-order valence-electron chi connectivity index (χ3n) is 13.4. The molecule has 2 aromatic carbocycles. The largest absolute Gasteiger partial charge is 0.539 e. The minimum atomic E-state index is -2.96. The third kappa shape index (κ3) is 14.6. The summed E-state index contributed by atoms with van der Waals surface area (Å²) in [5.41, 5.74) is 0. The van der Waals surface area contributed by atoms with Gasteiger partial charge in [0, 0.05) is 19.5 Å². The fourth-order valence-corrected chi connectivity index (χ4v) is 18.7. The smallest absolute Gasteiger partial charge is 0.251 e. The molecule has 1 radical (unpaired) electrons. The van der Waals surface area contributed by atoms with Gasteiger partial charge in [-0.25, -0.2) is 22.0 Å². The lowest BCUT2D eigenvalue weighted by Crippen LogP contribution is -2.42. The van der Waals surface area contributed by atoms with Crippen molar-refractivity contribution in [1.29, 1.82) is 0 Å². The Kier molecular flexibility index (Phi) is 22.8. The predicted molar refractivity (Wildman–Crippen MR) is 227 cm³/mol. The van der Waals surface area contributed by atoms with Gasteiger partial charge in [-0.15, -0.1) is 0 Å². The van der Waals surface area contributed by atoms with Gasteiger partial charge in [0.1, 0.15) is 0 Å². The summed E-state index contributed by atoms with van der Waals surface area (Å²) in [6.45, 7) is 16.4. The van der Waals surface area contributed by atoms with Crippen LogP contribution in [0.15, 0.2) is 0 Å². The van der Waals surface area contributed by atoms with Crippen LogP contribution in [0.3, 0.4) is 0 Å². The van der Waals surface area contributed by atoms with Gasteiger partial charge in [0.25, 0.3) is 8.32 Å². The number of hydrogen-bond donors (Lipinski definition) is 0. The van der Waals surface area contributed by atoms with Crippen molar-refractivity contribution in [2.75, 3.05) is 0 Å². The molecule has 0 bridgehead atoms. The van der Waals surface area contributed by atoms with Crippen molar-refractivity contribution in [2.24, 2.45) is 0 Å². The molecule has 0 N–H and O–H groups in total. The number of benzene rings is 2. The monoisotopic (exact) mass is 818 g/mol. The molecule has 54 heavy (non-hydrogen) atoms. The minimum absolute atomic E-state index is 0.684. The maximum absolute atomic E-state index is 16.1. The molecule has 0 aromatic heterocycles. The SMILES string of the molecule is CCCCCCCCC[Si](CCCCCCCC[Si](C)(CC)CC)(CCCCCC[Si](CC)(CC)CC)Oc1c(F)c(F)c2c(F)c(F)c(F)[c]c2c1F. The van der Waals surface area contributed by atoms with Crippen LogP contribution in [0.4, 0.5) is 26.3 Å². The van der Waals surface area contributed by atoms with E-state index in [1.807, 2.05) is 0 Å². The van der Waals surface area contributed by atoms with Gasteiger partial charge in [0.05, 0.1) is 13.5 Å². The zero-order valence-electron chi connectivity index (χ0n) is 35.3. The first kappa shape index (κ1) is 48.9. The number of halogens is 6. The zero-order valence-corrected chi connectivity index (χ0v) is 38.3. The normalized spacial score (nSPS) is 13.6. The van der Waals surface area contributed by atoms with E-state index < -0.39 is 75.9 Å². The van der Waals surface area contributed by atoms with E-state index in [1.54, 1.807) is 6.07 Å². The van der Waals surface area contributed by atoms with Gasteiger partial charge >= 0.3 is 0 Å². The van der Waals surface area contributed by atoms with E-state index >= 15 is 13.2 Å². The van der Waals surface area contributed by atoms with Crippen LogP contribution in [-0.2, 0) is 0 Å². The Labute approximate surface area is 329 Å². The van der Waals surface area contributed by atoms with Crippen molar-refractivity contribution in [2.45, 2.75) is 218 Å². The standard InChI is InChI=1S/C44H75F6OSi3/c1-8-14-15-16-17-21-27-32-54(34-29-24-23-26-31-53(11-4,12-5)13-6,33-28-22-19-18-20-25-30-52(7,9-2)10-3)51-44-39(46)36-35-37(45)40(47)41(48)38(36)42(49)43(44)50/h8-34H2,1-7H3. The Morgan fingerprint density at radius 2 is 0.852 bits per heavy atom. The lowest BCUT2D eigenvalue weighted by molar-refractivity contribution is 0.406. The molecule has 0 aliphatic carbocycles. The van der Waals surface area contributed by atoms with Crippen LogP contribution in [0, 0.1) is 41.0 Å². The van der Waals surface area contributed by atoms with E-state index in [-0.39, 0.29) is 0 Å². The van der Waals surface area contributed by atoms with Crippen LogP contribution in [-0.4, -0.2) is 24.5 Å². The second kappa shape index (κ2) is 25.2. The van der Waals surface area contributed by atoms with Gasteiger partial charge in [-0.1, -0.05) is 200 Å². The molecule has 0 spiro atoms. The summed E-state index contributed by atoms with van der Waals surface area (Å²) in [4.78, 5) is 0. The second-order valence-electron chi connectivity index (χ2n) is 16.9. The third-order valence-corrected chi connectivity index (χ3v) is 28.7. The van der Waals surface area contributed by atoms with Crippen LogP contribution in [0.25, 0.3) is 10.8 Å². The van der Waals surface area contributed by atoms with Gasteiger partial charge < -0.3 is 4.43 Å². The molecule has 0 aliphatic rings. The highest BCUT2D eigenvalue weighted by Crippen LogP contribution is 2.40.